The number of rotatable bonds is 4. The first-order chi connectivity index (χ1) is 10.7. The van der Waals surface area contributed by atoms with Gasteiger partial charge in [0, 0.05) is 32.9 Å². The van der Waals surface area contributed by atoms with Gasteiger partial charge in [-0.1, -0.05) is 12.1 Å². The maximum Gasteiger partial charge on any atom is 0.299 e. The Morgan fingerprint density at radius 1 is 1.18 bits per heavy atom. The molecule has 1 saturated heterocycles. The Bertz CT molecular complexity index is 529. The van der Waals surface area contributed by atoms with E-state index >= 15 is 0 Å². The zero-order valence-corrected chi connectivity index (χ0v) is 13.2. The van der Waals surface area contributed by atoms with Crippen LogP contribution >= 0.6 is 0 Å². The maximum absolute atomic E-state index is 10.7. The van der Waals surface area contributed by atoms with Crippen LogP contribution in [0.3, 0.4) is 0 Å². The number of amidine groups is 1. The van der Waals surface area contributed by atoms with Crippen LogP contribution in [-0.2, 0) is 9.53 Å². The molecule has 0 atom stereocenters. The first-order valence-electron chi connectivity index (χ1n) is 7.57. The molecule has 1 fully saturated rings. The highest BCUT2D eigenvalue weighted by Crippen LogP contribution is 2.14. The number of hydrogen-bond acceptors (Lipinski definition) is 3. The normalized spacial score (nSPS) is 15.9. The summed E-state index contributed by atoms with van der Waals surface area (Å²) >= 11 is 0. The van der Waals surface area contributed by atoms with Gasteiger partial charge in [-0.3, -0.25) is 4.79 Å². The third kappa shape index (κ3) is 4.62. The van der Waals surface area contributed by atoms with Gasteiger partial charge in [0.25, 0.3) is 6.02 Å². The van der Waals surface area contributed by atoms with Gasteiger partial charge in [-0.05, 0) is 43.0 Å². The lowest BCUT2D eigenvalue weighted by Crippen LogP contribution is -2.36. The fourth-order valence-corrected chi connectivity index (χ4v) is 2.37. The molecule has 5 heteroatoms. The molecule has 1 amide bonds. The second kappa shape index (κ2) is 8.22. The van der Waals surface area contributed by atoms with Crippen molar-refractivity contribution in [3.8, 4) is 0 Å². The number of anilines is 1. The molecule has 22 heavy (non-hydrogen) atoms. The number of piperidine rings is 1. The van der Waals surface area contributed by atoms with Crippen molar-refractivity contribution in [3.63, 3.8) is 0 Å². The lowest BCUT2D eigenvalue weighted by Gasteiger charge is -2.27. The summed E-state index contributed by atoms with van der Waals surface area (Å²) in [6.07, 6.45) is 7.42. The van der Waals surface area contributed by atoms with Gasteiger partial charge >= 0.3 is 0 Å². The summed E-state index contributed by atoms with van der Waals surface area (Å²) in [5.41, 5.74) is 2.18. The first-order valence-corrected chi connectivity index (χ1v) is 7.57. The molecular formula is C17H23N3O2. The Kier molecular flexibility index (Phi) is 6.01. The number of amides is 1. The van der Waals surface area contributed by atoms with Crippen LogP contribution in [0.25, 0.3) is 6.08 Å². The number of carbonyl (C=O) groups is 1. The SMILES string of the molecule is CN(C)c1ccc(/C=C/OC(=NC=O)N2CCCCC2)cc1. The topological polar surface area (TPSA) is 45.1 Å². The maximum atomic E-state index is 10.7. The highest BCUT2D eigenvalue weighted by molar-refractivity contribution is 5.81. The highest BCUT2D eigenvalue weighted by Gasteiger charge is 2.15. The van der Waals surface area contributed by atoms with Crippen LogP contribution in [0.15, 0.2) is 35.5 Å². The van der Waals surface area contributed by atoms with Crippen LogP contribution in [0.4, 0.5) is 5.69 Å². The third-order valence-electron chi connectivity index (χ3n) is 3.63. The van der Waals surface area contributed by atoms with Gasteiger partial charge in [-0.15, -0.1) is 0 Å². The number of nitrogens with zero attached hydrogens (tertiary/aromatic N) is 3. The van der Waals surface area contributed by atoms with E-state index in [2.05, 4.69) is 9.89 Å². The summed E-state index contributed by atoms with van der Waals surface area (Å²) in [7, 11) is 4.02. The number of likely N-dealkylation sites (tertiary alicyclic amines) is 1. The summed E-state index contributed by atoms with van der Waals surface area (Å²) in [4.78, 5) is 18.5. The van der Waals surface area contributed by atoms with E-state index in [1.807, 2.05) is 49.3 Å². The van der Waals surface area contributed by atoms with Crippen molar-refractivity contribution in [2.24, 2.45) is 4.99 Å². The lowest BCUT2D eigenvalue weighted by atomic mass is 10.1. The molecular weight excluding hydrogens is 278 g/mol. The molecule has 2 rings (SSSR count). The largest absolute Gasteiger partial charge is 0.434 e. The minimum atomic E-state index is 0.385. The van der Waals surface area contributed by atoms with E-state index in [-0.39, 0.29) is 0 Å². The van der Waals surface area contributed by atoms with Gasteiger partial charge in [-0.2, -0.15) is 4.99 Å². The molecule has 5 nitrogen and oxygen atoms in total. The van der Waals surface area contributed by atoms with Gasteiger partial charge in [-0.25, -0.2) is 0 Å². The van der Waals surface area contributed by atoms with E-state index in [4.69, 9.17) is 4.74 Å². The Morgan fingerprint density at radius 2 is 1.86 bits per heavy atom. The first kappa shape index (κ1) is 16.1. The van der Waals surface area contributed by atoms with Crippen LogP contribution in [-0.4, -0.2) is 44.5 Å². The molecule has 1 aromatic rings. The molecule has 0 aliphatic carbocycles. The summed E-state index contributed by atoms with van der Waals surface area (Å²) in [6, 6.07) is 8.52. The average Bonchev–Trinajstić information content (AvgIpc) is 2.55. The molecule has 0 aromatic heterocycles. The number of carbonyl (C=O) groups excluding carboxylic acids is 1. The smallest absolute Gasteiger partial charge is 0.299 e. The van der Waals surface area contributed by atoms with Crippen molar-refractivity contribution in [2.45, 2.75) is 19.3 Å². The van der Waals surface area contributed by atoms with E-state index in [0.29, 0.717) is 12.4 Å². The van der Waals surface area contributed by atoms with E-state index in [0.717, 1.165) is 37.2 Å². The molecule has 0 bridgehead atoms. The van der Waals surface area contributed by atoms with Crippen molar-refractivity contribution in [2.75, 3.05) is 32.1 Å². The predicted octanol–water partition coefficient (Wildman–Crippen LogP) is 2.74. The van der Waals surface area contributed by atoms with Crippen molar-refractivity contribution >= 4 is 24.2 Å². The highest BCUT2D eigenvalue weighted by atomic mass is 16.5. The van der Waals surface area contributed by atoms with Crippen LogP contribution in [0, 0.1) is 0 Å². The van der Waals surface area contributed by atoms with E-state index in [1.165, 1.54) is 6.42 Å². The van der Waals surface area contributed by atoms with Crippen LogP contribution in [0.1, 0.15) is 24.8 Å². The zero-order chi connectivity index (χ0) is 15.8. The van der Waals surface area contributed by atoms with Gasteiger partial charge in [0.1, 0.15) is 0 Å². The van der Waals surface area contributed by atoms with E-state index in [9.17, 15) is 4.79 Å². The molecule has 0 unspecified atom stereocenters. The van der Waals surface area contributed by atoms with Crippen LogP contribution < -0.4 is 4.90 Å². The van der Waals surface area contributed by atoms with Crippen molar-refractivity contribution in [1.82, 2.24) is 4.90 Å². The molecule has 0 radical (unpaired) electrons. The Morgan fingerprint density at radius 3 is 2.45 bits per heavy atom. The number of benzene rings is 1. The van der Waals surface area contributed by atoms with Crippen LogP contribution in [0.2, 0.25) is 0 Å². The molecule has 1 aromatic carbocycles. The second-order valence-corrected chi connectivity index (χ2v) is 5.47. The molecule has 1 aliphatic rings. The Hall–Kier alpha value is -2.30. The quantitative estimate of drug-likeness (QED) is 0.371. The van der Waals surface area contributed by atoms with Gasteiger partial charge in [0.2, 0.25) is 6.41 Å². The fraction of sp³-hybridized carbons (Fsp3) is 0.412. The standard InChI is InChI=1S/C17H23N3O2/c1-19(2)16-8-6-15(7-9-16)10-13-22-17(18-14-21)20-11-4-3-5-12-20/h6-10,13-14H,3-5,11-12H2,1-2H3/b13-10+,18-17?. The second-order valence-electron chi connectivity index (χ2n) is 5.47. The van der Waals surface area contributed by atoms with Crippen LogP contribution in [0.5, 0.6) is 0 Å². The van der Waals surface area contributed by atoms with Crippen molar-refractivity contribution in [1.29, 1.82) is 0 Å². The average molecular weight is 301 g/mol. The van der Waals surface area contributed by atoms with Gasteiger partial charge in [0.05, 0.1) is 6.26 Å². The summed E-state index contributed by atoms with van der Waals surface area (Å²) in [6.45, 7) is 1.77. The molecule has 0 spiro atoms. The number of hydrogen-bond donors (Lipinski definition) is 0. The molecule has 0 saturated carbocycles. The molecule has 1 heterocycles. The fourth-order valence-electron chi connectivity index (χ4n) is 2.37. The molecule has 1 aliphatic heterocycles. The summed E-state index contributed by atoms with van der Waals surface area (Å²) < 4.78 is 5.56. The van der Waals surface area contributed by atoms with E-state index in [1.54, 1.807) is 6.26 Å². The minimum absolute atomic E-state index is 0.385. The van der Waals surface area contributed by atoms with Crippen molar-refractivity contribution < 1.29 is 9.53 Å². The lowest BCUT2D eigenvalue weighted by molar-refractivity contribution is -0.106. The summed E-state index contributed by atoms with van der Waals surface area (Å²) in [5.74, 6) is 0. The molecule has 118 valence electrons. The summed E-state index contributed by atoms with van der Waals surface area (Å²) in [5, 5.41) is 0. The molecule has 0 N–H and O–H groups in total. The van der Waals surface area contributed by atoms with Gasteiger partial charge < -0.3 is 14.5 Å². The number of aliphatic imine (C=N–C) groups is 1. The zero-order valence-electron chi connectivity index (χ0n) is 13.2. The van der Waals surface area contributed by atoms with E-state index < -0.39 is 0 Å². The third-order valence-corrected chi connectivity index (χ3v) is 3.63. The monoisotopic (exact) mass is 301 g/mol. The number of ether oxygens (including phenoxy) is 1. The Labute approximate surface area is 131 Å². The van der Waals surface area contributed by atoms with Crippen molar-refractivity contribution in [3.05, 3.63) is 36.1 Å². The minimum Gasteiger partial charge on any atom is -0.434 e. The van der Waals surface area contributed by atoms with Gasteiger partial charge in [0.15, 0.2) is 0 Å². The predicted molar refractivity (Wildman–Crippen MR) is 89.8 cm³/mol. The Balaban J connectivity index is 1.96.